The zero-order valence-electron chi connectivity index (χ0n) is 10.9. The summed E-state index contributed by atoms with van der Waals surface area (Å²) in [7, 11) is 0. The molecular formula is C18H13N2+. The molecule has 94 valence electrons. The quantitative estimate of drug-likeness (QED) is 0.475. The molecule has 0 radical (unpaired) electrons. The normalized spacial score (nSPS) is 11.0. The van der Waals surface area contributed by atoms with Gasteiger partial charge in [-0.1, -0.05) is 24.3 Å². The molecule has 2 heteroatoms. The van der Waals surface area contributed by atoms with Crippen molar-refractivity contribution in [3.63, 3.8) is 0 Å². The lowest BCUT2D eigenvalue weighted by molar-refractivity contribution is -0.565. The standard InChI is InChI=1S/C18H13N2/c1-4-10-17-14(6-1)7-5-13-20(17)18-11-12-19-16-9-3-2-8-15(16)18/h1-13H/q+1. The van der Waals surface area contributed by atoms with Gasteiger partial charge in [0.2, 0.25) is 11.2 Å². The molecule has 2 aromatic heterocycles. The van der Waals surface area contributed by atoms with Crippen LogP contribution in [0, 0.1) is 0 Å². The lowest BCUT2D eigenvalue weighted by Crippen LogP contribution is -2.31. The van der Waals surface area contributed by atoms with Crippen LogP contribution in [-0.2, 0) is 0 Å². The zero-order valence-corrected chi connectivity index (χ0v) is 10.9. The van der Waals surface area contributed by atoms with Crippen molar-refractivity contribution >= 4 is 21.8 Å². The number of hydrogen-bond acceptors (Lipinski definition) is 1. The van der Waals surface area contributed by atoms with E-state index in [2.05, 4.69) is 70.3 Å². The van der Waals surface area contributed by atoms with Crippen LogP contribution in [0.25, 0.3) is 27.5 Å². The number of fused-ring (bicyclic) bond motifs is 2. The topological polar surface area (TPSA) is 16.8 Å². The molecule has 0 amide bonds. The minimum Gasteiger partial charge on any atom is -0.256 e. The van der Waals surface area contributed by atoms with E-state index in [0.717, 1.165) is 16.6 Å². The highest BCUT2D eigenvalue weighted by Crippen LogP contribution is 2.18. The second-order valence-corrected chi connectivity index (χ2v) is 4.78. The van der Waals surface area contributed by atoms with E-state index in [4.69, 9.17) is 0 Å². The number of benzene rings is 2. The van der Waals surface area contributed by atoms with Crippen LogP contribution >= 0.6 is 0 Å². The highest BCUT2D eigenvalue weighted by atomic mass is 15.0. The average molecular weight is 257 g/mol. The van der Waals surface area contributed by atoms with Crippen LogP contribution < -0.4 is 4.57 Å². The van der Waals surface area contributed by atoms with Crippen molar-refractivity contribution in [1.82, 2.24) is 4.98 Å². The van der Waals surface area contributed by atoms with Gasteiger partial charge >= 0.3 is 0 Å². The van der Waals surface area contributed by atoms with Gasteiger partial charge in [-0.2, -0.15) is 4.57 Å². The lowest BCUT2D eigenvalue weighted by atomic mass is 10.1. The number of para-hydroxylation sites is 2. The SMILES string of the molecule is c1ccc2c(c1)ccc[n+]2-c1ccnc2ccccc12. The van der Waals surface area contributed by atoms with E-state index >= 15 is 0 Å². The Morgan fingerprint density at radius 1 is 0.750 bits per heavy atom. The first-order chi connectivity index (χ1) is 9.93. The molecule has 0 aliphatic carbocycles. The fourth-order valence-electron chi connectivity index (χ4n) is 2.66. The van der Waals surface area contributed by atoms with Crippen LogP contribution in [0.2, 0.25) is 0 Å². The average Bonchev–Trinajstić information content (AvgIpc) is 2.54. The van der Waals surface area contributed by atoms with E-state index in [1.807, 2.05) is 18.3 Å². The van der Waals surface area contributed by atoms with Crippen LogP contribution in [-0.4, -0.2) is 4.98 Å². The van der Waals surface area contributed by atoms with Crippen molar-refractivity contribution in [1.29, 1.82) is 0 Å². The molecule has 0 aliphatic rings. The van der Waals surface area contributed by atoms with Gasteiger partial charge in [-0.05, 0) is 24.3 Å². The van der Waals surface area contributed by atoms with Crippen molar-refractivity contribution in [3.05, 3.63) is 79.1 Å². The van der Waals surface area contributed by atoms with Crippen molar-refractivity contribution in [2.24, 2.45) is 0 Å². The van der Waals surface area contributed by atoms with Gasteiger partial charge in [-0.25, -0.2) is 0 Å². The molecular weight excluding hydrogens is 244 g/mol. The predicted molar refractivity (Wildman–Crippen MR) is 80.8 cm³/mol. The highest BCUT2D eigenvalue weighted by Gasteiger charge is 2.14. The second kappa shape index (κ2) is 4.42. The largest absolute Gasteiger partial charge is 0.256 e. The van der Waals surface area contributed by atoms with E-state index < -0.39 is 0 Å². The van der Waals surface area contributed by atoms with Crippen molar-refractivity contribution in [2.75, 3.05) is 0 Å². The Kier molecular flexibility index (Phi) is 2.46. The molecule has 0 fully saturated rings. The van der Waals surface area contributed by atoms with Gasteiger partial charge in [0, 0.05) is 29.8 Å². The van der Waals surface area contributed by atoms with E-state index in [-0.39, 0.29) is 0 Å². The van der Waals surface area contributed by atoms with Crippen molar-refractivity contribution in [2.45, 2.75) is 0 Å². The van der Waals surface area contributed by atoms with Gasteiger partial charge in [0.1, 0.15) is 0 Å². The number of hydrogen-bond donors (Lipinski definition) is 0. The third kappa shape index (κ3) is 1.66. The summed E-state index contributed by atoms with van der Waals surface area (Å²) in [4.78, 5) is 4.43. The van der Waals surface area contributed by atoms with Crippen LogP contribution in [0.4, 0.5) is 0 Å². The molecule has 0 atom stereocenters. The van der Waals surface area contributed by atoms with Gasteiger partial charge in [0.15, 0.2) is 6.20 Å². The summed E-state index contributed by atoms with van der Waals surface area (Å²) in [6, 6.07) is 22.9. The summed E-state index contributed by atoms with van der Waals surface area (Å²) in [6.45, 7) is 0. The summed E-state index contributed by atoms with van der Waals surface area (Å²) < 4.78 is 2.22. The van der Waals surface area contributed by atoms with Crippen LogP contribution in [0.5, 0.6) is 0 Å². The molecule has 0 spiro atoms. The van der Waals surface area contributed by atoms with Gasteiger partial charge in [0.25, 0.3) is 0 Å². The lowest BCUT2D eigenvalue weighted by Gasteiger charge is -2.03. The maximum Gasteiger partial charge on any atom is 0.222 e. The molecule has 0 bridgehead atoms. The van der Waals surface area contributed by atoms with Crippen LogP contribution in [0.1, 0.15) is 0 Å². The summed E-state index contributed by atoms with van der Waals surface area (Å²) in [5.74, 6) is 0. The summed E-state index contributed by atoms with van der Waals surface area (Å²) >= 11 is 0. The van der Waals surface area contributed by atoms with E-state index in [1.165, 1.54) is 10.9 Å². The first-order valence-electron chi connectivity index (χ1n) is 6.67. The third-order valence-corrected chi connectivity index (χ3v) is 3.59. The van der Waals surface area contributed by atoms with E-state index in [1.54, 1.807) is 0 Å². The zero-order chi connectivity index (χ0) is 13.4. The van der Waals surface area contributed by atoms with Gasteiger partial charge < -0.3 is 0 Å². The predicted octanol–water partition coefficient (Wildman–Crippen LogP) is 3.66. The van der Waals surface area contributed by atoms with E-state index in [9.17, 15) is 0 Å². The maximum atomic E-state index is 4.43. The molecule has 0 aliphatic heterocycles. The Labute approximate surface area is 117 Å². The smallest absolute Gasteiger partial charge is 0.222 e. The molecule has 2 aromatic carbocycles. The molecule has 4 rings (SSSR count). The van der Waals surface area contributed by atoms with Gasteiger partial charge in [0.05, 0.1) is 10.9 Å². The highest BCUT2D eigenvalue weighted by molar-refractivity contribution is 5.85. The van der Waals surface area contributed by atoms with Crippen LogP contribution in [0.15, 0.2) is 79.1 Å². The molecule has 0 N–H and O–H groups in total. The minimum absolute atomic E-state index is 1.02. The fourth-order valence-corrected chi connectivity index (χ4v) is 2.66. The number of nitrogens with zero attached hydrogens (tertiary/aromatic N) is 2. The first-order valence-corrected chi connectivity index (χ1v) is 6.67. The number of aromatic nitrogens is 2. The Hall–Kier alpha value is -2.74. The Bertz CT molecular complexity index is 825. The molecule has 0 saturated carbocycles. The third-order valence-electron chi connectivity index (χ3n) is 3.59. The number of rotatable bonds is 1. The molecule has 20 heavy (non-hydrogen) atoms. The Morgan fingerprint density at radius 2 is 1.55 bits per heavy atom. The maximum absolute atomic E-state index is 4.43. The molecule has 0 unspecified atom stereocenters. The molecule has 2 nitrogen and oxygen atoms in total. The Balaban J connectivity index is 2.12. The van der Waals surface area contributed by atoms with Crippen molar-refractivity contribution in [3.8, 4) is 5.69 Å². The van der Waals surface area contributed by atoms with E-state index in [0.29, 0.717) is 0 Å². The first kappa shape index (κ1) is 11.1. The molecule has 0 saturated heterocycles. The van der Waals surface area contributed by atoms with Gasteiger partial charge in [-0.3, -0.25) is 4.98 Å². The van der Waals surface area contributed by atoms with Gasteiger partial charge in [-0.15, -0.1) is 0 Å². The second-order valence-electron chi connectivity index (χ2n) is 4.78. The summed E-state index contributed by atoms with van der Waals surface area (Å²) in [6.07, 6.45) is 3.97. The summed E-state index contributed by atoms with van der Waals surface area (Å²) in [5, 5.41) is 2.40. The minimum atomic E-state index is 1.02. The Morgan fingerprint density at radius 3 is 2.55 bits per heavy atom. The van der Waals surface area contributed by atoms with Crippen molar-refractivity contribution < 1.29 is 4.57 Å². The summed E-state index contributed by atoms with van der Waals surface area (Å²) in [5.41, 5.74) is 3.38. The monoisotopic (exact) mass is 257 g/mol. The fraction of sp³-hybridized carbons (Fsp3) is 0. The number of pyridine rings is 2. The molecule has 4 aromatic rings. The van der Waals surface area contributed by atoms with Crippen LogP contribution in [0.3, 0.4) is 0 Å². The molecule has 2 heterocycles.